The molecule has 0 heterocycles. The molecule has 0 bridgehead atoms. The van der Waals surface area contributed by atoms with Gasteiger partial charge in [-0.05, 0) is 0 Å². The fourth-order valence-corrected chi connectivity index (χ4v) is 0.0816. The molecule has 5 heteroatoms. The van der Waals surface area contributed by atoms with Crippen LogP contribution in [0.15, 0.2) is 0 Å². The Kier molecular flexibility index (Phi) is 2.32. The van der Waals surface area contributed by atoms with Gasteiger partial charge in [0.15, 0.2) is 0 Å². The molecule has 0 spiro atoms. The maximum absolute atomic E-state index is 8.21. The van der Waals surface area contributed by atoms with E-state index in [1.165, 1.54) is 0 Å². The van der Waals surface area contributed by atoms with Crippen LogP contribution >= 0.6 is 0 Å². The summed E-state index contributed by atoms with van der Waals surface area (Å²) < 4.78 is 0. The molecule has 0 fully saturated rings. The lowest BCUT2D eigenvalue weighted by atomic mass is 10.3. The number of rotatable bonds is 2. The Balaban J connectivity index is 3.71. The highest BCUT2D eigenvalue weighted by Crippen LogP contribution is 2.00. The zero-order chi connectivity index (χ0) is 6.78. The lowest BCUT2D eigenvalue weighted by Crippen LogP contribution is -2.45. The van der Waals surface area contributed by atoms with Crippen LogP contribution in [0.25, 0.3) is 0 Å². The molecule has 8 heavy (non-hydrogen) atoms. The van der Waals surface area contributed by atoms with Gasteiger partial charge in [-0.3, -0.25) is 0 Å². The van der Waals surface area contributed by atoms with Gasteiger partial charge < -0.3 is 25.5 Å². The van der Waals surface area contributed by atoms with Gasteiger partial charge in [-0.15, -0.1) is 0 Å². The smallest absolute Gasteiger partial charge is 0.239 e. The highest BCUT2D eigenvalue weighted by atomic mass is 16.6. The summed E-state index contributed by atoms with van der Waals surface area (Å²) in [6.45, 7) is -1.11. The third-order valence-electron chi connectivity index (χ3n) is 0.646. The third-order valence-corrected chi connectivity index (χ3v) is 0.646. The minimum atomic E-state index is -2.79. The van der Waals surface area contributed by atoms with Crippen molar-refractivity contribution in [2.75, 3.05) is 6.61 Å². The summed E-state index contributed by atoms with van der Waals surface area (Å²) in [7, 11) is 0. The second kappa shape index (κ2) is 2.38. The van der Waals surface area contributed by atoms with Crippen molar-refractivity contribution >= 4 is 0 Å². The first kappa shape index (κ1) is 7.80. The van der Waals surface area contributed by atoms with Crippen LogP contribution < -0.4 is 0 Å². The van der Waals surface area contributed by atoms with Crippen molar-refractivity contribution < 1.29 is 25.5 Å². The predicted octanol–water partition coefficient (Wildman–Crippen LogP) is -3.03. The molecule has 0 atom stereocenters. The van der Waals surface area contributed by atoms with Crippen LogP contribution in [0.1, 0.15) is 0 Å². The molecule has 5 N–H and O–H groups in total. The highest BCUT2D eigenvalue weighted by molar-refractivity contribution is 4.62. The molecule has 0 rings (SSSR count). The molecule has 5 nitrogen and oxygen atoms in total. The molecule has 0 aromatic rings. The predicted molar refractivity (Wildman–Crippen MR) is 22.5 cm³/mol. The van der Waals surface area contributed by atoms with Crippen molar-refractivity contribution in [1.29, 1.82) is 0 Å². The van der Waals surface area contributed by atoms with E-state index in [9.17, 15) is 0 Å². The first-order valence-electron chi connectivity index (χ1n) is 1.92. The van der Waals surface area contributed by atoms with Crippen LogP contribution in [0.3, 0.4) is 0 Å². The molecule has 0 aliphatic rings. The van der Waals surface area contributed by atoms with Crippen LogP contribution in [0.5, 0.6) is 0 Å². The summed E-state index contributed by atoms with van der Waals surface area (Å²) in [5, 5.41) is 40.3. The number of aliphatic hydroxyl groups is 5. The molecule has 0 aromatic carbocycles. The maximum atomic E-state index is 8.21. The van der Waals surface area contributed by atoms with E-state index in [2.05, 4.69) is 0 Å². The average Bonchev–Trinajstić information content (AvgIpc) is 1.67. The molecule has 0 unspecified atom stereocenters. The van der Waals surface area contributed by atoms with Gasteiger partial charge in [-0.1, -0.05) is 0 Å². The van der Waals surface area contributed by atoms with Gasteiger partial charge in [0.25, 0.3) is 0 Å². The van der Waals surface area contributed by atoms with Gasteiger partial charge in [0.2, 0.25) is 12.1 Å². The minimum absolute atomic E-state index is 1.11. The summed E-state index contributed by atoms with van der Waals surface area (Å²) in [6, 6.07) is 0. The summed E-state index contributed by atoms with van der Waals surface area (Å²) in [5.41, 5.74) is 0. The number of aliphatic hydroxyl groups excluding tert-OH is 2. The Hall–Kier alpha value is -0.200. The molecule has 50 valence electrons. The van der Waals surface area contributed by atoms with Gasteiger partial charge in [0, 0.05) is 0 Å². The molecule has 0 aliphatic heterocycles. The summed E-state index contributed by atoms with van der Waals surface area (Å²) in [5.74, 6) is -2.79. The Morgan fingerprint density at radius 1 is 1.25 bits per heavy atom. The highest BCUT2D eigenvalue weighted by Gasteiger charge is 2.30. The van der Waals surface area contributed by atoms with Crippen molar-refractivity contribution in [3.8, 4) is 0 Å². The van der Waals surface area contributed by atoms with Gasteiger partial charge in [0.1, 0.15) is 6.61 Å². The van der Waals surface area contributed by atoms with E-state index in [0.29, 0.717) is 0 Å². The van der Waals surface area contributed by atoms with E-state index >= 15 is 0 Å². The van der Waals surface area contributed by atoms with Crippen molar-refractivity contribution in [2.24, 2.45) is 0 Å². The average molecular weight is 124 g/mol. The topological polar surface area (TPSA) is 101 Å². The van der Waals surface area contributed by atoms with E-state index in [0.717, 1.165) is 0 Å². The van der Waals surface area contributed by atoms with E-state index < -0.39 is 18.7 Å². The standard InChI is InChI=1S/C3H8O5/c4-1-3(7,8)2(5)6/h2,4-8H,1H2. The molecular formula is C3H8O5. The fraction of sp³-hybridized carbons (Fsp3) is 1.00. The number of hydrogen-bond donors (Lipinski definition) is 5. The normalized spacial score (nSPS) is 12.8. The second-order valence-corrected chi connectivity index (χ2v) is 1.41. The molecule has 0 aromatic heterocycles. The minimum Gasteiger partial charge on any atom is -0.391 e. The van der Waals surface area contributed by atoms with E-state index in [4.69, 9.17) is 25.5 Å². The van der Waals surface area contributed by atoms with E-state index in [1.807, 2.05) is 0 Å². The van der Waals surface area contributed by atoms with E-state index in [1.54, 1.807) is 0 Å². The second-order valence-electron chi connectivity index (χ2n) is 1.41. The fourth-order valence-electron chi connectivity index (χ4n) is 0.0816. The molecular weight excluding hydrogens is 116 g/mol. The monoisotopic (exact) mass is 124 g/mol. The Bertz CT molecular complexity index is 68.1. The van der Waals surface area contributed by atoms with Crippen molar-refractivity contribution in [1.82, 2.24) is 0 Å². The maximum Gasteiger partial charge on any atom is 0.239 e. The Labute approximate surface area is 45.4 Å². The van der Waals surface area contributed by atoms with Crippen LogP contribution in [-0.4, -0.2) is 44.2 Å². The first-order chi connectivity index (χ1) is 3.50. The molecule has 0 saturated heterocycles. The molecule has 0 amide bonds. The Morgan fingerprint density at radius 2 is 1.62 bits per heavy atom. The third kappa shape index (κ3) is 1.73. The van der Waals surface area contributed by atoms with Crippen molar-refractivity contribution in [3.63, 3.8) is 0 Å². The lowest BCUT2D eigenvalue weighted by molar-refractivity contribution is -0.301. The largest absolute Gasteiger partial charge is 0.391 e. The van der Waals surface area contributed by atoms with Gasteiger partial charge >= 0.3 is 0 Å². The zero-order valence-corrected chi connectivity index (χ0v) is 4.02. The van der Waals surface area contributed by atoms with Crippen LogP contribution in [-0.2, 0) is 0 Å². The summed E-state index contributed by atoms with van der Waals surface area (Å²) in [6.07, 6.45) is -2.33. The van der Waals surface area contributed by atoms with E-state index in [-0.39, 0.29) is 0 Å². The van der Waals surface area contributed by atoms with Crippen LogP contribution in [0.4, 0.5) is 0 Å². The summed E-state index contributed by atoms with van der Waals surface area (Å²) in [4.78, 5) is 0. The quantitative estimate of drug-likeness (QED) is 0.252. The molecule has 0 aliphatic carbocycles. The Morgan fingerprint density at radius 3 is 1.62 bits per heavy atom. The van der Waals surface area contributed by atoms with Crippen molar-refractivity contribution in [3.05, 3.63) is 0 Å². The lowest BCUT2D eigenvalue weighted by Gasteiger charge is -2.19. The molecule has 0 radical (unpaired) electrons. The summed E-state index contributed by atoms with van der Waals surface area (Å²) >= 11 is 0. The van der Waals surface area contributed by atoms with Crippen LogP contribution in [0.2, 0.25) is 0 Å². The van der Waals surface area contributed by atoms with Crippen molar-refractivity contribution in [2.45, 2.75) is 12.1 Å². The number of hydrogen-bond acceptors (Lipinski definition) is 5. The van der Waals surface area contributed by atoms with Crippen LogP contribution in [0, 0.1) is 0 Å². The van der Waals surface area contributed by atoms with Gasteiger partial charge in [-0.25, -0.2) is 0 Å². The molecule has 0 saturated carbocycles. The van der Waals surface area contributed by atoms with Gasteiger partial charge in [-0.2, -0.15) is 0 Å². The zero-order valence-electron chi connectivity index (χ0n) is 4.02. The first-order valence-corrected chi connectivity index (χ1v) is 1.92. The SMILES string of the molecule is OCC(O)(O)C(O)O. The van der Waals surface area contributed by atoms with Gasteiger partial charge in [0.05, 0.1) is 0 Å².